The third kappa shape index (κ3) is 6.77. The quantitative estimate of drug-likeness (QED) is 0.379. The van der Waals surface area contributed by atoms with Gasteiger partial charge in [-0.15, -0.1) is 0 Å². The highest BCUT2D eigenvalue weighted by Gasteiger charge is 2.36. The molecule has 0 unspecified atom stereocenters. The number of halogens is 3. The monoisotopic (exact) mass is 562 g/mol. The number of carbonyl (C=O) groups is 2. The Morgan fingerprint density at radius 2 is 2.03 bits per heavy atom. The number of hydrogen-bond donors (Lipinski definition) is 1. The van der Waals surface area contributed by atoms with Crippen molar-refractivity contribution < 1.29 is 18.4 Å². The number of pyridine rings is 1. The molecule has 2 amide bonds. The smallest absolute Gasteiger partial charge is 0.260 e. The molecule has 5 rings (SSSR count). The maximum absolute atomic E-state index is 14.1. The van der Waals surface area contributed by atoms with Crippen molar-refractivity contribution in [2.24, 2.45) is 0 Å². The number of amides is 2. The fraction of sp³-hybridized carbons (Fsp3) is 0.643. The zero-order valence-electron chi connectivity index (χ0n) is 22.2. The summed E-state index contributed by atoms with van der Waals surface area (Å²) in [6.45, 7) is 0.655. The first kappa shape index (κ1) is 28.0. The Morgan fingerprint density at radius 3 is 2.69 bits per heavy atom. The van der Waals surface area contributed by atoms with Gasteiger partial charge in [0, 0.05) is 55.5 Å². The molecule has 0 aromatic carbocycles. The van der Waals surface area contributed by atoms with Gasteiger partial charge in [0.05, 0.1) is 23.3 Å². The predicted molar refractivity (Wildman–Crippen MR) is 146 cm³/mol. The van der Waals surface area contributed by atoms with Crippen molar-refractivity contribution in [1.82, 2.24) is 25.0 Å². The lowest BCUT2D eigenvalue weighted by atomic mass is 9.93. The molecule has 2 aromatic heterocycles. The molecule has 2 saturated carbocycles. The number of rotatable bonds is 11. The van der Waals surface area contributed by atoms with Crippen molar-refractivity contribution >= 4 is 29.7 Å². The number of nitrogens with zero attached hydrogens (tertiary/aromatic N) is 5. The summed E-state index contributed by atoms with van der Waals surface area (Å²) in [5.41, 5.74) is 1.57. The fourth-order valence-electron chi connectivity index (χ4n) is 6.01. The van der Waals surface area contributed by atoms with Gasteiger partial charge in [-0.2, -0.15) is 5.10 Å². The van der Waals surface area contributed by atoms with Crippen LogP contribution < -0.4 is 10.2 Å². The number of piperidine rings is 1. The van der Waals surface area contributed by atoms with Crippen molar-refractivity contribution in [3.63, 3.8) is 0 Å². The average molecular weight is 563 g/mol. The number of alkyl halides is 2. The largest absolute Gasteiger partial charge is 0.353 e. The van der Waals surface area contributed by atoms with Crippen LogP contribution in [0.5, 0.6) is 0 Å². The van der Waals surface area contributed by atoms with E-state index in [-0.39, 0.29) is 37.4 Å². The van der Waals surface area contributed by atoms with E-state index in [0.717, 1.165) is 56.2 Å². The summed E-state index contributed by atoms with van der Waals surface area (Å²) >= 11 is 6.51. The van der Waals surface area contributed by atoms with E-state index in [1.165, 1.54) is 4.90 Å². The first-order valence-corrected chi connectivity index (χ1v) is 14.5. The van der Waals surface area contributed by atoms with Crippen molar-refractivity contribution in [1.29, 1.82) is 0 Å². The van der Waals surface area contributed by atoms with Gasteiger partial charge in [0.25, 0.3) is 5.92 Å². The molecule has 0 spiro atoms. The van der Waals surface area contributed by atoms with Crippen molar-refractivity contribution in [3.8, 4) is 11.3 Å². The molecule has 39 heavy (non-hydrogen) atoms. The van der Waals surface area contributed by atoms with Crippen molar-refractivity contribution in [3.05, 3.63) is 29.5 Å². The van der Waals surface area contributed by atoms with E-state index in [2.05, 4.69) is 10.3 Å². The van der Waals surface area contributed by atoms with E-state index in [9.17, 15) is 18.4 Å². The van der Waals surface area contributed by atoms with Gasteiger partial charge in [-0.1, -0.05) is 24.4 Å². The molecule has 1 aliphatic heterocycles. The molecule has 3 fully saturated rings. The van der Waals surface area contributed by atoms with Gasteiger partial charge in [-0.25, -0.2) is 8.78 Å². The second kappa shape index (κ2) is 12.3. The van der Waals surface area contributed by atoms with Crippen LogP contribution in [0.2, 0.25) is 5.02 Å². The summed E-state index contributed by atoms with van der Waals surface area (Å²) in [6, 6.07) is 3.51. The highest BCUT2D eigenvalue weighted by molar-refractivity contribution is 6.33. The van der Waals surface area contributed by atoms with Gasteiger partial charge in [-0.3, -0.25) is 29.1 Å². The van der Waals surface area contributed by atoms with E-state index in [1.54, 1.807) is 17.3 Å². The fourth-order valence-corrected chi connectivity index (χ4v) is 6.22. The number of anilines is 1. The number of hydrogen-bond acceptors (Lipinski definition) is 5. The third-order valence-corrected chi connectivity index (χ3v) is 8.66. The molecule has 2 aromatic rings. The number of nitrogens with one attached hydrogen (secondary N) is 1. The lowest BCUT2D eigenvalue weighted by molar-refractivity contribution is -0.122. The second-order valence-corrected chi connectivity index (χ2v) is 11.6. The highest BCUT2D eigenvalue weighted by Crippen LogP contribution is 2.38. The molecule has 3 heterocycles. The molecule has 212 valence electrons. The molecule has 1 saturated heterocycles. The SMILES string of the molecule is O=CN(c1cc(-c2ccncc2Cl)n(C2CCCC2)n1)[C@@H](CCN1CCCC(F)(F)C1)CC(=O)NC1CCC1. The van der Waals surface area contributed by atoms with Gasteiger partial charge >= 0.3 is 0 Å². The minimum Gasteiger partial charge on any atom is -0.353 e. The average Bonchev–Trinajstić information content (AvgIpc) is 3.55. The molecule has 1 N–H and O–H groups in total. The van der Waals surface area contributed by atoms with Crippen LogP contribution in [0.3, 0.4) is 0 Å². The van der Waals surface area contributed by atoms with Crippen LogP contribution >= 0.6 is 11.6 Å². The summed E-state index contributed by atoms with van der Waals surface area (Å²) in [4.78, 5) is 32.9. The normalized spacial score (nSPS) is 20.9. The minimum atomic E-state index is -2.71. The van der Waals surface area contributed by atoms with Crippen LogP contribution in [0.1, 0.15) is 76.7 Å². The van der Waals surface area contributed by atoms with Gasteiger partial charge < -0.3 is 5.32 Å². The van der Waals surface area contributed by atoms with E-state index in [1.807, 2.05) is 16.8 Å². The zero-order valence-corrected chi connectivity index (χ0v) is 23.0. The molecule has 3 aliphatic rings. The molecule has 0 bridgehead atoms. The van der Waals surface area contributed by atoms with Gasteiger partial charge in [-0.05, 0) is 57.6 Å². The molecule has 2 aliphatic carbocycles. The second-order valence-electron chi connectivity index (χ2n) is 11.2. The molecule has 0 radical (unpaired) electrons. The third-order valence-electron chi connectivity index (χ3n) is 8.35. The van der Waals surface area contributed by atoms with E-state index >= 15 is 0 Å². The van der Waals surface area contributed by atoms with E-state index in [4.69, 9.17) is 16.7 Å². The molecular formula is C28H37ClF2N6O2. The summed E-state index contributed by atoms with van der Waals surface area (Å²) in [5.74, 6) is -2.41. The maximum atomic E-state index is 14.1. The van der Waals surface area contributed by atoms with Crippen LogP contribution in [0, 0.1) is 0 Å². The summed E-state index contributed by atoms with van der Waals surface area (Å²) in [7, 11) is 0. The summed E-state index contributed by atoms with van der Waals surface area (Å²) in [5, 5.41) is 8.43. The highest BCUT2D eigenvalue weighted by atomic mass is 35.5. The molecule has 11 heteroatoms. The lowest BCUT2D eigenvalue weighted by Gasteiger charge is -2.35. The first-order valence-electron chi connectivity index (χ1n) is 14.2. The van der Waals surface area contributed by atoms with Gasteiger partial charge in [0.15, 0.2) is 5.82 Å². The van der Waals surface area contributed by atoms with Crippen LogP contribution in [0.25, 0.3) is 11.3 Å². The Balaban J connectivity index is 1.42. The van der Waals surface area contributed by atoms with Crippen LogP contribution in [0.4, 0.5) is 14.6 Å². The Bertz CT molecular complexity index is 1150. The minimum absolute atomic E-state index is 0.0844. The van der Waals surface area contributed by atoms with Crippen molar-refractivity contribution in [2.45, 2.75) is 94.7 Å². The number of aromatic nitrogens is 3. The predicted octanol–water partition coefficient (Wildman–Crippen LogP) is 5.23. The van der Waals surface area contributed by atoms with Gasteiger partial charge in [0.1, 0.15) is 0 Å². The first-order chi connectivity index (χ1) is 18.8. The Morgan fingerprint density at radius 1 is 1.23 bits per heavy atom. The lowest BCUT2D eigenvalue weighted by Crippen LogP contribution is -2.47. The summed E-state index contributed by atoms with van der Waals surface area (Å²) < 4.78 is 30.1. The Labute approximate surface area is 233 Å². The topological polar surface area (TPSA) is 83.4 Å². The molecule has 1 atom stereocenters. The summed E-state index contributed by atoms with van der Waals surface area (Å²) in [6.07, 6.45) is 11.9. The van der Waals surface area contributed by atoms with Crippen LogP contribution in [0.15, 0.2) is 24.5 Å². The van der Waals surface area contributed by atoms with Gasteiger partial charge in [0.2, 0.25) is 12.3 Å². The molecule has 8 nitrogen and oxygen atoms in total. The maximum Gasteiger partial charge on any atom is 0.260 e. The standard InChI is InChI=1S/C28H37ClF2N6O2/c29-24-17-32-12-9-23(24)25-16-26(34-37(25)21-7-1-2-8-21)36(19-38)22(15-27(39)33-20-5-3-6-20)10-14-35-13-4-11-28(30,31)18-35/h9,12,16-17,19-22H,1-8,10-11,13-15,18H2,(H,33,39)/t22-/m0/s1. The Hall–Kier alpha value is -2.59. The Kier molecular flexibility index (Phi) is 8.81. The van der Waals surface area contributed by atoms with E-state index < -0.39 is 12.0 Å². The van der Waals surface area contributed by atoms with Crippen LogP contribution in [-0.4, -0.2) is 69.6 Å². The van der Waals surface area contributed by atoms with Crippen molar-refractivity contribution in [2.75, 3.05) is 24.5 Å². The molecular weight excluding hydrogens is 526 g/mol. The number of carbonyl (C=O) groups excluding carboxylic acids is 2. The zero-order chi connectivity index (χ0) is 27.4. The number of likely N-dealkylation sites (tertiary alicyclic amines) is 1. The van der Waals surface area contributed by atoms with Crippen LogP contribution in [-0.2, 0) is 9.59 Å². The van der Waals surface area contributed by atoms with E-state index in [0.29, 0.717) is 43.2 Å².